The first-order valence-corrected chi connectivity index (χ1v) is 6.60. The molecule has 3 nitrogen and oxygen atoms in total. The molecule has 2 rings (SSSR count). The molecule has 2 aromatic rings. The second kappa shape index (κ2) is 6.70. The second-order valence-electron chi connectivity index (χ2n) is 4.43. The van der Waals surface area contributed by atoms with Crippen LogP contribution in [0.15, 0.2) is 48.5 Å². The molecule has 0 radical (unpaired) electrons. The fraction of sp³-hybridized carbons (Fsp3) is 0.188. The SMILES string of the molecule is CCCNc1ccccc1C(=O)Nc1ccc(F)cc1. The van der Waals surface area contributed by atoms with Crippen LogP contribution in [0.5, 0.6) is 0 Å². The molecule has 0 spiro atoms. The maximum absolute atomic E-state index is 12.8. The molecule has 0 fully saturated rings. The molecule has 0 atom stereocenters. The minimum absolute atomic E-state index is 0.212. The number of benzene rings is 2. The average molecular weight is 272 g/mol. The highest BCUT2D eigenvalue weighted by molar-refractivity contribution is 6.08. The second-order valence-corrected chi connectivity index (χ2v) is 4.43. The number of para-hydroxylation sites is 1. The number of amides is 1. The van der Waals surface area contributed by atoms with Gasteiger partial charge < -0.3 is 10.6 Å². The van der Waals surface area contributed by atoms with Crippen LogP contribution in [0.25, 0.3) is 0 Å². The fourth-order valence-corrected chi connectivity index (χ4v) is 1.83. The van der Waals surface area contributed by atoms with E-state index in [1.807, 2.05) is 18.2 Å². The van der Waals surface area contributed by atoms with Crippen molar-refractivity contribution in [2.45, 2.75) is 13.3 Å². The third-order valence-corrected chi connectivity index (χ3v) is 2.84. The van der Waals surface area contributed by atoms with Crippen molar-refractivity contribution in [3.05, 3.63) is 59.9 Å². The van der Waals surface area contributed by atoms with Crippen molar-refractivity contribution >= 4 is 17.3 Å². The van der Waals surface area contributed by atoms with Crippen molar-refractivity contribution in [2.75, 3.05) is 17.2 Å². The Hall–Kier alpha value is -2.36. The first-order valence-electron chi connectivity index (χ1n) is 6.60. The third-order valence-electron chi connectivity index (χ3n) is 2.84. The number of carbonyl (C=O) groups excluding carboxylic acids is 1. The largest absolute Gasteiger partial charge is 0.384 e. The molecular formula is C16H17FN2O. The molecule has 0 saturated carbocycles. The number of carbonyl (C=O) groups is 1. The molecule has 0 aromatic heterocycles. The van der Waals surface area contributed by atoms with Crippen molar-refractivity contribution in [1.82, 2.24) is 0 Å². The van der Waals surface area contributed by atoms with Crippen LogP contribution in [0, 0.1) is 5.82 Å². The van der Waals surface area contributed by atoms with Gasteiger partial charge in [-0.3, -0.25) is 4.79 Å². The quantitative estimate of drug-likeness (QED) is 0.866. The summed E-state index contributed by atoms with van der Waals surface area (Å²) in [7, 11) is 0. The van der Waals surface area contributed by atoms with Gasteiger partial charge >= 0.3 is 0 Å². The molecule has 0 aliphatic rings. The highest BCUT2D eigenvalue weighted by Crippen LogP contribution is 2.17. The molecule has 0 bridgehead atoms. The minimum atomic E-state index is -0.326. The predicted octanol–water partition coefficient (Wildman–Crippen LogP) is 3.90. The van der Waals surface area contributed by atoms with E-state index in [-0.39, 0.29) is 11.7 Å². The van der Waals surface area contributed by atoms with Gasteiger partial charge in [-0.25, -0.2) is 4.39 Å². The molecule has 1 amide bonds. The lowest BCUT2D eigenvalue weighted by Gasteiger charge is -2.11. The lowest BCUT2D eigenvalue weighted by molar-refractivity contribution is 0.102. The van der Waals surface area contributed by atoms with Gasteiger partial charge in [-0.2, -0.15) is 0 Å². The number of halogens is 1. The number of rotatable bonds is 5. The van der Waals surface area contributed by atoms with E-state index in [0.717, 1.165) is 18.7 Å². The monoisotopic (exact) mass is 272 g/mol. The molecule has 0 saturated heterocycles. The standard InChI is InChI=1S/C16H17FN2O/c1-2-11-18-15-6-4-3-5-14(15)16(20)19-13-9-7-12(17)8-10-13/h3-10,18H,2,11H2,1H3,(H,19,20). The number of anilines is 2. The maximum atomic E-state index is 12.8. The Balaban J connectivity index is 2.14. The Morgan fingerprint density at radius 1 is 1.10 bits per heavy atom. The van der Waals surface area contributed by atoms with E-state index in [0.29, 0.717) is 11.3 Å². The molecule has 0 aliphatic carbocycles. The van der Waals surface area contributed by atoms with Gasteiger partial charge in [0, 0.05) is 17.9 Å². The average Bonchev–Trinajstić information content (AvgIpc) is 2.47. The smallest absolute Gasteiger partial charge is 0.257 e. The van der Waals surface area contributed by atoms with Crippen LogP contribution in [-0.4, -0.2) is 12.5 Å². The van der Waals surface area contributed by atoms with E-state index in [1.54, 1.807) is 6.07 Å². The summed E-state index contributed by atoms with van der Waals surface area (Å²) in [5.41, 5.74) is 1.95. The van der Waals surface area contributed by atoms with Crippen LogP contribution >= 0.6 is 0 Å². The van der Waals surface area contributed by atoms with Crippen molar-refractivity contribution in [1.29, 1.82) is 0 Å². The Labute approximate surface area is 117 Å². The van der Waals surface area contributed by atoms with E-state index in [4.69, 9.17) is 0 Å². The normalized spacial score (nSPS) is 10.1. The van der Waals surface area contributed by atoms with E-state index in [2.05, 4.69) is 17.6 Å². The summed E-state index contributed by atoms with van der Waals surface area (Å²) in [4.78, 5) is 12.2. The van der Waals surface area contributed by atoms with E-state index >= 15 is 0 Å². The number of hydrogen-bond donors (Lipinski definition) is 2. The third kappa shape index (κ3) is 3.57. The number of hydrogen-bond acceptors (Lipinski definition) is 2. The van der Waals surface area contributed by atoms with E-state index < -0.39 is 0 Å². The van der Waals surface area contributed by atoms with Crippen LogP contribution in [0.1, 0.15) is 23.7 Å². The summed E-state index contributed by atoms with van der Waals surface area (Å²) in [5, 5.41) is 5.97. The molecule has 0 aliphatic heterocycles. The Morgan fingerprint density at radius 2 is 1.80 bits per heavy atom. The first-order chi connectivity index (χ1) is 9.70. The lowest BCUT2D eigenvalue weighted by atomic mass is 10.1. The van der Waals surface area contributed by atoms with Crippen LogP contribution in [-0.2, 0) is 0 Å². The van der Waals surface area contributed by atoms with Crippen LogP contribution in [0.2, 0.25) is 0 Å². The number of nitrogens with one attached hydrogen (secondary N) is 2. The van der Waals surface area contributed by atoms with Crippen molar-refractivity contribution in [2.24, 2.45) is 0 Å². The van der Waals surface area contributed by atoms with Gasteiger partial charge in [0.15, 0.2) is 0 Å². The molecule has 104 valence electrons. The van der Waals surface area contributed by atoms with Gasteiger partial charge in [0.25, 0.3) is 5.91 Å². The van der Waals surface area contributed by atoms with Gasteiger partial charge in [0.1, 0.15) is 5.82 Å². The Bertz CT molecular complexity index is 581. The molecule has 20 heavy (non-hydrogen) atoms. The van der Waals surface area contributed by atoms with Crippen LogP contribution in [0.3, 0.4) is 0 Å². The highest BCUT2D eigenvalue weighted by atomic mass is 19.1. The van der Waals surface area contributed by atoms with E-state index in [1.165, 1.54) is 24.3 Å². The lowest BCUT2D eigenvalue weighted by Crippen LogP contribution is -2.15. The topological polar surface area (TPSA) is 41.1 Å². The first kappa shape index (κ1) is 14.1. The zero-order chi connectivity index (χ0) is 14.4. The summed E-state index contributed by atoms with van der Waals surface area (Å²) in [6.07, 6.45) is 0.980. The summed E-state index contributed by atoms with van der Waals surface area (Å²) < 4.78 is 12.8. The van der Waals surface area contributed by atoms with E-state index in [9.17, 15) is 9.18 Å². The van der Waals surface area contributed by atoms with Gasteiger partial charge in [0.2, 0.25) is 0 Å². The summed E-state index contributed by atoms with van der Waals surface area (Å²) in [5.74, 6) is -0.538. The molecule has 4 heteroatoms. The molecular weight excluding hydrogens is 255 g/mol. The molecule has 2 aromatic carbocycles. The highest BCUT2D eigenvalue weighted by Gasteiger charge is 2.10. The minimum Gasteiger partial charge on any atom is -0.384 e. The van der Waals surface area contributed by atoms with Crippen LogP contribution in [0.4, 0.5) is 15.8 Å². The summed E-state index contributed by atoms with van der Waals surface area (Å²) in [6.45, 7) is 2.87. The maximum Gasteiger partial charge on any atom is 0.257 e. The van der Waals surface area contributed by atoms with Gasteiger partial charge in [-0.15, -0.1) is 0 Å². The van der Waals surface area contributed by atoms with Crippen molar-refractivity contribution in [3.8, 4) is 0 Å². The van der Waals surface area contributed by atoms with Crippen molar-refractivity contribution < 1.29 is 9.18 Å². The Kier molecular flexibility index (Phi) is 4.71. The van der Waals surface area contributed by atoms with Crippen molar-refractivity contribution in [3.63, 3.8) is 0 Å². The van der Waals surface area contributed by atoms with Gasteiger partial charge in [-0.1, -0.05) is 19.1 Å². The molecule has 0 heterocycles. The molecule has 2 N–H and O–H groups in total. The predicted molar refractivity (Wildman–Crippen MR) is 79.6 cm³/mol. The zero-order valence-corrected chi connectivity index (χ0v) is 11.3. The van der Waals surface area contributed by atoms with Crippen LogP contribution < -0.4 is 10.6 Å². The summed E-state index contributed by atoms with van der Waals surface area (Å²) >= 11 is 0. The van der Waals surface area contributed by atoms with Gasteiger partial charge in [0.05, 0.1) is 5.56 Å². The Morgan fingerprint density at radius 3 is 2.50 bits per heavy atom. The zero-order valence-electron chi connectivity index (χ0n) is 11.3. The molecule has 0 unspecified atom stereocenters. The van der Waals surface area contributed by atoms with Gasteiger partial charge in [-0.05, 0) is 42.8 Å². The summed E-state index contributed by atoms with van der Waals surface area (Å²) in [6, 6.07) is 13.0. The fourth-order valence-electron chi connectivity index (χ4n) is 1.83.